The second kappa shape index (κ2) is 4.14. The SMILES string of the molecule is O=Cc1cc(-c2ccccc2O)ccc1F. The first-order valence-corrected chi connectivity index (χ1v) is 4.75. The summed E-state index contributed by atoms with van der Waals surface area (Å²) >= 11 is 0. The normalized spacial score (nSPS) is 10.1. The molecule has 2 rings (SSSR count). The van der Waals surface area contributed by atoms with Crippen molar-refractivity contribution in [2.75, 3.05) is 0 Å². The van der Waals surface area contributed by atoms with Crippen LogP contribution in [-0.2, 0) is 0 Å². The van der Waals surface area contributed by atoms with E-state index in [1.165, 1.54) is 18.2 Å². The van der Waals surface area contributed by atoms with Gasteiger partial charge in [-0.3, -0.25) is 4.79 Å². The number of hydrogen-bond acceptors (Lipinski definition) is 2. The number of halogens is 1. The lowest BCUT2D eigenvalue weighted by Crippen LogP contribution is -1.88. The highest BCUT2D eigenvalue weighted by atomic mass is 19.1. The Hall–Kier alpha value is -2.16. The molecule has 0 spiro atoms. The smallest absolute Gasteiger partial charge is 0.153 e. The molecule has 0 fully saturated rings. The second-order valence-corrected chi connectivity index (χ2v) is 3.37. The molecule has 0 aliphatic heterocycles. The van der Waals surface area contributed by atoms with Crippen molar-refractivity contribution in [2.24, 2.45) is 0 Å². The van der Waals surface area contributed by atoms with Crippen LogP contribution in [0.3, 0.4) is 0 Å². The molecule has 0 amide bonds. The fourth-order valence-corrected chi connectivity index (χ4v) is 1.52. The summed E-state index contributed by atoms with van der Waals surface area (Å²) in [5.41, 5.74) is 1.17. The number of phenols is 1. The van der Waals surface area contributed by atoms with Gasteiger partial charge in [0.05, 0.1) is 5.56 Å². The number of aldehydes is 1. The van der Waals surface area contributed by atoms with Crippen LogP contribution in [0.2, 0.25) is 0 Å². The summed E-state index contributed by atoms with van der Waals surface area (Å²) in [4.78, 5) is 10.6. The molecule has 0 aliphatic carbocycles. The number of hydrogen-bond donors (Lipinski definition) is 1. The van der Waals surface area contributed by atoms with E-state index < -0.39 is 5.82 Å². The molecular formula is C13H9FO2. The van der Waals surface area contributed by atoms with Crippen LogP contribution in [-0.4, -0.2) is 11.4 Å². The zero-order chi connectivity index (χ0) is 11.5. The number of phenolic OH excluding ortho intramolecular Hbond substituents is 1. The van der Waals surface area contributed by atoms with Crippen molar-refractivity contribution in [2.45, 2.75) is 0 Å². The highest BCUT2D eigenvalue weighted by Crippen LogP contribution is 2.29. The fraction of sp³-hybridized carbons (Fsp3) is 0. The van der Waals surface area contributed by atoms with E-state index in [4.69, 9.17) is 0 Å². The Labute approximate surface area is 92.0 Å². The number of aromatic hydroxyl groups is 1. The largest absolute Gasteiger partial charge is 0.507 e. The molecule has 0 atom stereocenters. The van der Waals surface area contributed by atoms with Crippen LogP contribution in [0.1, 0.15) is 10.4 Å². The predicted molar refractivity (Wildman–Crippen MR) is 58.9 cm³/mol. The molecule has 16 heavy (non-hydrogen) atoms. The van der Waals surface area contributed by atoms with Crippen molar-refractivity contribution < 1.29 is 14.3 Å². The Bertz CT molecular complexity index is 535. The van der Waals surface area contributed by atoms with Crippen molar-refractivity contribution in [3.05, 3.63) is 53.8 Å². The van der Waals surface area contributed by atoms with E-state index in [9.17, 15) is 14.3 Å². The quantitative estimate of drug-likeness (QED) is 0.783. The number of carbonyl (C=O) groups excluding carboxylic acids is 1. The van der Waals surface area contributed by atoms with E-state index in [1.807, 2.05) is 0 Å². The van der Waals surface area contributed by atoms with Crippen LogP contribution in [0.4, 0.5) is 4.39 Å². The average Bonchev–Trinajstić information content (AvgIpc) is 2.31. The summed E-state index contributed by atoms with van der Waals surface area (Å²) in [7, 11) is 0. The van der Waals surface area contributed by atoms with Crippen LogP contribution in [0.15, 0.2) is 42.5 Å². The molecule has 0 radical (unpaired) electrons. The zero-order valence-corrected chi connectivity index (χ0v) is 8.35. The summed E-state index contributed by atoms with van der Waals surface area (Å²) in [5, 5.41) is 9.61. The molecular weight excluding hydrogens is 207 g/mol. The van der Waals surface area contributed by atoms with Crippen molar-refractivity contribution >= 4 is 6.29 Å². The first-order chi connectivity index (χ1) is 7.72. The number of carbonyl (C=O) groups is 1. The van der Waals surface area contributed by atoms with Crippen LogP contribution in [0.5, 0.6) is 5.75 Å². The van der Waals surface area contributed by atoms with Gasteiger partial charge in [-0.1, -0.05) is 24.3 Å². The van der Waals surface area contributed by atoms with Crippen molar-refractivity contribution in [1.82, 2.24) is 0 Å². The van der Waals surface area contributed by atoms with Crippen LogP contribution < -0.4 is 0 Å². The summed E-state index contributed by atoms with van der Waals surface area (Å²) < 4.78 is 13.1. The molecule has 0 aromatic heterocycles. The van der Waals surface area contributed by atoms with Gasteiger partial charge in [-0.2, -0.15) is 0 Å². The Morgan fingerprint density at radius 1 is 1.12 bits per heavy atom. The minimum atomic E-state index is -0.561. The summed E-state index contributed by atoms with van der Waals surface area (Å²) in [6.45, 7) is 0. The molecule has 0 saturated carbocycles. The van der Waals surface area contributed by atoms with Gasteiger partial charge in [0.1, 0.15) is 11.6 Å². The average molecular weight is 216 g/mol. The molecule has 80 valence electrons. The van der Waals surface area contributed by atoms with Crippen LogP contribution in [0, 0.1) is 5.82 Å². The maximum atomic E-state index is 13.1. The number of benzene rings is 2. The maximum Gasteiger partial charge on any atom is 0.153 e. The van der Waals surface area contributed by atoms with Gasteiger partial charge in [-0.15, -0.1) is 0 Å². The molecule has 2 aromatic carbocycles. The zero-order valence-electron chi connectivity index (χ0n) is 8.35. The standard InChI is InChI=1S/C13H9FO2/c14-12-6-5-9(7-10(12)8-15)11-3-1-2-4-13(11)16/h1-8,16H. The first-order valence-electron chi connectivity index (χ1n) is 4.75. The van der Waals surface area contributed by atoms with E-state index >= 15 is 0 Å². The summed E-state index contributed by atoms with van der Waals surface area (Å²) in [5.74, 6) is -0.458. The Kier molecular flexibility index (Phi) is 2.68. The topological polar surface area (TPSA) is 37.3 Å². The number of rotatable bonds is 2. The highest BCUT2D eigenvalue weighted by molar-refractivity contribution is 5.80. The fourth-order valence-electron chi connectivity index (χ4n) is 1.52. The van der Waals surface area contributed by atoms with Gasteiger partial charge in [0.25, 0.3) is 0 Å². The van der Waals surface area contributed by atoms with Gasteiger partial charge >= 0.3 is 0 Å². The molecule has 3 heteroatoms. The number of para-hydroxylation sites is 1. The van der Waals surface area contributed by atoms with Gasteiger partial charge in [0, 0.05) is 5.56 Å². The molecule has 0 aliphatic rings. The lowest BCUT2D eigenvalue weighted by molar-refractivity contribution is 0.112. The molecule has 2 aromatic rings. The molecule has 0 unspecified atom stereocenters. The summed E-state index contributed by atoms with van der Waals surface area (Å²) in [6, 6.07) is 10.9. The van der Waals surface area contributed by atoms with Gasteiger partial charge in [-0.05, 0) is 23.8 Å². The summed E-state index contributed by atoms with van der Waals surface area (Å²) in [6.07, 6.45) is 0.457. The first kappa shape index (κ1) is 10.4. The third-order valence-electron chi connectivity index (χ3n) is 2.34. The minimum Gasteiger partial charge on any atom is -0.507 e. The Balaban J connectivity index is 2.57. The van der Waals surface area contributed by atoms with E-state index in [1.54, 1.807) is 24.3 Å². The van der Waals surface area contributed by atoms with Gasteiger partial charge in [0.2, 0.25) is 0 Å². The van der Waals surface area contributed by atoms with Gasteiger partial charge in [-0.25, -0.2) is 4.39 Å². The van der Waals surface area contributed by atoms with Crippen molar-refractivity contribution in [3.63, 3.8) is 0 Å². The minimum absolute atomic E-state index is 0.0132. The molecule has 0 saturated heterocycles. The molecule has 0 bridgehead atoms. The van der Waals surface area contributed by atoms with Crippen LogP contribution in [0.25, 0.3) is 11.1 Å². The second-order valence-electron chi connectivity index (χ2n) is 3.37. The van der Waals surface area contributed by atoms with E-state index in [0.717, 1.165) is 0 Å². The van der Waals surface area contributed by atoms with E-state index in [2.05, 4.69) is 0 Å². The molecule has 1 N–H and O–H groups in total. The Morgan fingerprint density at radius 2 is 1.88 bits per heavy atom. The lowest BCUT2D eigenvalue weighted by atomic mass is 10.0. The lowest BCUT2D eigenvalue weighted by Gasteiger charge is -2.05. The predicted octanol–water partition coefficient (Wildman–Crippen LogP) is 3.01. The van der Waals surface area contributed by atoms with Crippen LogP contribution >= 0.6 is 0 Å². The third-order valence-corrected chi connectivity index (χ3v) is 2.34. The van der Waals surface area contributed by atoms with E-state index in [0.29, 0.717) is 17.4 Å². The van der Waals surface area contributed by atoms with Crippen molar-refractivity contribution in [3.8, 4) is 16.9 Å². The molecule has 0 heterocycles. The maximum absolute atomic E-state index is 13.1. The molecule has 2 nitrogen and oxygen atoms in total. The highest BCUT2D eigenvalue weighted by Gasteiger charge is 2.06. The van der Waals surface area contributed by atoms with E-state index in [-0.39, 0.29) is 11.3 Å². The monoisotopic (exact) mass is 216 g/mol. The van der Waals surface area contributed by atoms with Gasteiger partial charge < -0.3 is 5.11 Å². The third kappa shape index (κ3) is 1.80. The Morgan fingerprint density at radius 3 is 2.56 bits per heavy atom. The van der Waals surface area contributed by atoms with Gasteiger partial charge in [0.15, 0.2) is 6.29 Å². The van der Waals surface area contributed by atoms with Crippen molar-refractivity contribution in [1.29, 1.82) is 0 Å².